The first-order valence-electron chi connectivity index (χ1n) is 8.58. The van der Waals surface area contributed by atoms with Gasteiger partial charge in [-0.2, -0.15) is 0 Å². The first-order chi connectivity index (χ1) is 8.58. The molecule has 0 amide bonds. The van der Waals surface area contributed by atoms with E-state index in [1.807, 2.05) is 0 Å². The summed E-state index contributed by atoms with van der Waals surface area (Å²) in [6.07, 6.45) is 11.2. The van der Waals surface area contributed by atoms with Crippen molar-refractivity contribution < 1.29 is 0 Å². The van der Waals surface area contributed by atoms with Crippen LogP contribution in [0.1, 0.15) is 92.9 Å². The van der Waals surface area contributed by atoms with Crippen LogP contribution in [0.15, 0.2) is 0 Å². The van der Waals surface area contributed by atoms with Crippen LogP contribution in [0.2, 0.25) is 0 Å². The van der Waals surface area contributed by atoms with Crippen molar-refractivity contribution >= 4 is 0 Å². The lowest BCUT2D eigenvalue weighted by Crippen LogP contribution is -2.16. The molecule has 0 fully saturated rings. The third kappa shape index (κ3) is 7.44. The largest absolute Gasteiger partial charge is 0.0654 e. The molecular weight excluding hydrogens is 216 g/mol. The molecule has 0 saturated carbocycles. The summed E-state index contributed by atoms with van der Waals surface area (Å²) < 4.78 is 0. The van der Waals surface area contributed by atoms with Crippen molar-refractivity contribution in [3.8, 4) is 0 Å². The monoisotopic (exact) mass is 254 g/mol. The van der Waals surface area contributed by atoms with Gasteiger partial charge in [0.2, 0.25) is 0 Å². The molecule has 0 nitrogen and oxygen atoms in total. The van der Waals surface area contributed by atoms with Crippen LogP contribution in [0, 0.1) is 23.7 Å². The zero-order valence-electron chi connectivity index (χ0n) is 14.0. The highest BCUT2D eigenvalue weighted by atomic mass is 14.3. The van der Waals surface area contributed by atoms with Crippen molar-refractivity contribution in [2.45, 2.75) is 92.9 Å². The van der Waals surface area contributed by atoms with E-state index in [0.717, 1.165) is 23.7 Å². The van der Waals surface area contributed by atoms with Gasteiger partial charge in [0.05, 0.1) is 0 Å². The Kier molecular flexibility index (Phi) is 10.9. The predicted octanol–water partition coefficient (Wildman–Crippen LogP) is 6.69. The van der Waals surface area contributed by atoms with E-state index in [-0.39, 0.29) is 0 Å². The molecule has 4 atom stereocenters. The SMILES string of the molecule is CCCCC(CC)C(C)CC(CC)CC(C)CC. The quantitative estimate of drug-likeness (QED) is 0.385. The minimum absolute atomic E-state index is 0.915. The molecule has 0 N–H and O–H groups in total. The topological polar surface area (TPSA) is 0 Å². The van der Waals surface area contributed by atoms with Gasteiger partial charge in [0.15, 0.2) is 0 Å². The molecule has 0 aromatic carbocycles. The Labute approximate surface area is 117 Å². The summed E-state index contributed by atoms with van der Waals surface area (Å²) in [5, 5.41) is 0. The number of rotatable bonds is 11. The molecule has 0 aromatic heterocycles. The highest BCUT2D eigenvalue weighted by molar-refractivity contribution is 4.71. The Balaban J connectivity index is 4.16. The van der Waals surface area contributed by atoms with Gasteiger partial charge in [-0.1, -0.05) is 80.1 Å². The third-order valence-corrected chi connectivity index (χ3v) is 4.97. The molecule has 0 aliphatic rings. The van der Waals surface area contributed by atoms with Crippen LogP contribution in [0.25, 0.3) is 0 Å². The maximum absolute atomic E-state index is 2.50. The minimum Gasteiger partial charge on any atom is -0.0654 e. The lowest BCUT2D eigenvalue weighted by molar-refractivity contribution is 0.235. The van der Waals surface area contributed by atoms with Gasteiger partial charge in [-0.05, 0) is 36.5 Å². The zero-order chi connectivity index (χ0) is 14.0. The standard InChI is InChI=1S/C18H38/c1-7-11-12-18(10-4)16(6)14-17(9-3)13-15(5)8-2/h15-18H,7-14H2,1-6H3. The zero-order valence-corrected chi connectivity index (χ0v) is 14.0. The maximum atomic E-state index is 2.50. The number of hydrogen-bond acceptors (Lipinski definition) is 0. The molecule has 0 bridgehead atoms. The second kappa shape index (κ2) is 10.9. The van der Waals surface area contributed by atoms with E-state index in [1.54, 1.807) is 0 Å². The second-order valence-corrected chi connectivity index (χ2v) is 6.55. The molecule has 0 aliphatic carbocycles. The third-order valence-electron chi connectivity index (χ3n) is 4.97. The Morgan fingerprint density at radius 1 is 0.778 bits per heavy atom. The van der Waals surface area contributed by atoms with Gasteiger partial charge in [-0.3, -0.25) is 0 Å². The summed E-state index contributed by atoms with van der Waals surface area (Å²) in [7, 11) is 0. The highest BCUT2D eigenvalue weighted by Crippen LogP contribution is 2.31. The summed E-state index contributed by atoms with van der Waals surface area (Å²) >= 11 is 0. The Hall–Kier alpha value is 0. The van der Waals surface area contributed by atoms with Gasteiger partial charge in [0, 0.05) is 0 Å². The molecule has 18 heavy (non-hydrogen) atoms. The summed E-state index contributed by atoms with van der Waals surface area (Å²) in [6.45, 7) is 14.3. The molecule has 0 aromatic rings. The van der Waals surface area contributed by atoms with Crippen LogP contribution < -0.4 is 0 Å². The van der Waals surface area contributed by atoms with Crippen LogP contribution in [0.4, 0.5) is 0 Å². The van der Waals surface area contributed by atoms with E-state index in [9.17, 15) is 0 Å². The predicted molar refractivity (Wildman–Crippen MR) is 84.9 cm³/mol. The smallest absolute Gasteiger partial charge is 0.0391 e. The minimum atomic E-state index is 0.915. The Morgan fingerprint density at radius 2 is 1.44 bits per heavy atom. The molecule has 0 aliphatic heterocycles. The Morgan fingerprint density at radius 3 is 1.89 bits per heavy atom. The fourth-order valence-electron chi connectivity index (χ4n) is 3.24. The number of hydrogen-bond donors (Lipinski definition) is 0. The van der Waals surface area contributed by atoms with Gasteiger partial charge in [-0.15, -0.1) is 0 Å². The van der Waals surface area contributed by atoms with Crippen LogP contribution >= 0.6 is 0 Å². The fraction of sp³-hybridized carbons (Fsp3) is 1.00. The van der Waals surface area contributed by atoms with E-state index in [4.69, 9.17) is 0 Å². The first-order valence-corrected chi connectivity index (χ1v) is 8.58. The maximum Gasteiger partial charge on any atom is -0.0391 e. The molecule has 0 rings (SSSR count). The van der Waals surface area contributed by atoms with Gasteiger partial charge in [0.25, 0.3) is 0 Å². The highest BCUT2D eigenvalue weighted by Gasteiger charge is 2.20. The van der Waals surface area contributed by atoms with Crippen molar-refractivity contribution in [3.05, 3.63) is 0 Å². The summed E-state index contributed by atoms with van der Waals surface area (Å²) in [5.74, 6) is 3.77. The Bertz CT molecular complexity index is 173. The molecule has 4 unspecified atom stereocenters. The van der Waals surface area contributed by atoms with Crippen molar-refractivity contribution in [2.75, 3.05) is 0 Å². The van der Waals surface area contributed by atoms with E-state index in [2.05, 4.69) is 41.5 Å². The van der Waals surface area contributed by atoms with Gasteiger partial charge >= 0.3 is 0 Å². The molecule has 0 radical (unpaired) electrons. The lowest BCUT2D eigenvalue weighted by atomic mass is 9.78. The van der Waals surface area contributed by atoms with E-state index in [0.29, 0.717) is 0 Å². The first kappa shape index (κ1) is 18.0. The van der Waals surface area contributed by atoms with E-state index < -0.39 is 0 Å². The van der Waals surface area contributed by atoms with Crippen LogP contribution in [-0.2, 0) is 0 Å². The molecular formula is C18H38. The average molecular weight is 255 g/mol. The van der Waals surface area contributed by atoms with Crippen molar-refractivity contribution in [1.82, 2.24) is 0 Å². The molecule has 0 heterocycles. The molecule has 0 saturated heterocycles. The van der Waals surface area contributed by atoms with E-state index >= 15 is 0 Å². The average Bonchev–Trinajstić information content (AvgIpc) is 2.38. The summed E-state index contributed by atoms with van der Waals surface area (Å²) in [6, 6.07) is 0. The van der Waals surface area contributed by atoms with Crippen molar-refractivity contribution in [3.63, 3.8) is 0 Å². The number of unbranched alkanes of at least 4 members (excludes halogenated alkanes) is 1. The normalized spacial score (nSPS) is 18.3. The van der Waals surface area contributed by atoms with Gasteiger partial charge < -0.3 is 0 Å². The van der Waals surface area contributed by atoms with Crippen LogP contribution in [-0.4, -0.2) is 0 Å². The van der Waals surface area contributed by atoms with Gasteiger partial charge in [-0.25, -0.2) is 0 Å². The van der Waals surface area contributed by atoms with Crippen molar-refractivity contribution in [2.24, 2.45) is 23.7 Å². The molecule has 0 heteroatoms. The summed E-state index contributed by atoms with van der Waals surface area (Å²) in [5.41, 5.74) is 0. The summed E-state index contributed by atoms with van der Waals surface area (Å²) in [4.78, 5) is 0. The fourth-order valence-corrected chi connectivity index (χ4v) is 3.24. The second-order valence-electron chi connectivity index (χ2n) is 6.55. The van der Waals surface area contributed by atoms with Gasteiger partial charge in [0.1, 0.15) is 0 Å². The van der Waals surface area contributed by atoms with Crippen LogP contribution in [0.5, 0.6) is 0 Å². The molecule has 0 spiro atoms. The lowest BCUT2D eigenvalue weighted by Gasteiger charge is -2.28. The van der Waals surface area contributed by atoms with Crippen LogP contribution in [0.3, 0.4) is 0 Å². The molecule has 110 valence electrons. The van der Waals surface area contributed by atoms with E-state index in [1.165, 1.54) is 51.4 Å². The van der Waals surface area contributed by atoms with Crippen molar-refractivity contribution in [1.29, 1.82) is 0 Å².